The predicted octanol–water partition coefficient (Wildman–Crippen LogP) is 2.13. The summed E-state index contributed by atoms with van der Waals surface area (Å²) in [4.78, 5) is 14.0. The quantitative estimate of drug-likeness (QED) is 0.830. The van der Waals surface area contributed by atoms with E-state index >= 15 is 0 Å². The SMILES string of the molecule is CN1CCc2cc([C@@H](O)CNC(=O)/C=C/c3ccoc3)ccc21. The standard InChI is InChI=1S/C18H20N2O3/c1-20-8-6-14-10-15(3-4-16(14)20)17(21)11-19-18(22)5-2-13-7-9-23-12-13/h2-5,7,9-10,12,17,21H,6,8,11H2,1H3,(H,19,22)/b5-2+/t17-/m0/s1. The molecule has 1 aliphatic rings. The Bertz CT molecular complexity index is 707. The van der Waals surface area contributed by atoms with Gasteiger partial charge in [0.05, 0.1) is 18.6 Å². The maximum absolute atomic E-state index is 11.8. The topological polar surface area (TPSA) is 65.7 Å². The molecule has 1 aromatic carbocycles. The van der Waals surface area contributed by atoms with E-state index in [2.05, 4.69) is 17.3 Å². The van der Waals surface area contributed by atoms with Gasteiger partial charge in [0.1, 0.15) is 0 Å². The molecule has 0 spiro atoms. The number of likely N-dealkylation sites (N-methyl/N-ethyl adjacent to an activating group) is 1. The van der Waals surface area contributed by atoms with Crippen LogP contribution >= 0.6 is 0 Å². The Kier molecular flexibility index (Phi) is 4.48. The number of rotatable bonds is 5. The van der Waals surface area contributed by atoms with Gasteiger partial charge < -0.3 is 19.7 Å². The van der Waals surface area contributed by atoms with Crippen molar-refractivity contribution in [1.29, 1.82) is 0 Å². The van der Waals surface area contributed by atoms with Gasteiger partial charge in [-0.2, -0.15) is 0 Å². The van der Waals surface area contributed by atoms with Gasteiger partial charge in [-0.25, -0.2) is 0 Å². The van der Waals surface area contributed by atoms with Crippen molar-refractivity contribution in [3.63, 3.8) is 0 Å². The van der Waals surface area contributed by atoms with Gasteiger partial charge in [0.15, 0.2) is 0 Å². The lowest BCUT2D eigenvalue weighted by atomic mass is 10.0. The summed E-state index contributed by atoms with van der Waals surface area (Å²) >= 11 is 0. The first kappa shape index (κ1) is 15.4. The lowest BCUT2D eigenvalue weighted by Gasteiger charge is -2.15. The fourth-order valence-corrected chi connectivity index (χ4v) is 2.71. The highest BCUT2D eigenvalue weighted by Gasteiger charge is 2.17. The Hall–Kier alpha value is -2.53. The number of nitrogens with one attached hydrogen (secondary N) is 1. The second kappa shape index (κ2) is 6.71. The average Bonchev–Trinajstić information content (AvgIpc) is 3.20. The molecule has 120 valence electrons. The van der Waals surface area contributed by atoms with Crippen LogP contribution < -0.4 is 10.2 Å². The van der Waals surface area contributed by atoms with Crippen LogP contribution in [-0.2, 0) is 11.2 Å². The van der Waals surface area contributed by atoms with Crippen molar-refractivity contribution in [3.05, 3.63) is 59.6 Å². The molecule has 2 aromatic rings. The molecule has 0 aliphatic carbocycles. The molecule has 0 saturated carbocycles. The van der Waals surface area contributed by atoms with Gasteiger partial charge in [-0.05, 0) is 35.8 Å². The van der Waals surface area contributed by atoms with Gasteiger partial charge in [-0.3, -0.25) is 4.79 Å². The number of carbonyl (C=O) groups is 1. The van der Waals surface area contributed by atoms with Crippen molar-refractivity contribution in [2.45, 2.75) is 12.5 Å². The lowest BCUT2D eigenvalue weighted by molar-refractivity contribution is -0.116. The van der Waals surface area contributed by atoms with Gasteiger partial charge in [0.2, 0.25) is 5.91 Å². The molecule has 0 unspecified atom stereocenters. The van der Waals surface area contributed by atoms with Crippen LogP contribution in [0.25, 0.3) is 6.08 Å². The lowest BCUT2D eigenvalue weighted by Crippen LogP contribution is -2.26. The first-order chi connectivity index (χ1) is 11.1. The summed E-state index contributed by atoms with van der Waals surface area (Å²) in [6.07, 6.45) is 6.47. The Morgan fingerprint density at radius 3 is 3.13 bits per heavy atom. The fourth-order valence-electron chi connectivity index (χ4n) is 2.71. The third kappa shape index (κ3) is 3.63. The molecule has 5 heteroatoms. The summed E-state index contributed by atoms with van der Waals surface area (Å²) in [7, 11) is 2.06. The van der Waals surface area contributed by atoms with E-state index in [0.717, 1.165) is 24.1 Å². The minimum Gasteiger partial charge on any atom is -0.472 e. The third-order valence-corrected chi connectivity index (χ3v) is 4.06. The van der Waals surface area contributed by atoms with Gasteiger partial charge in [0, 0.05) is 37.5 Å². The van der Waals surface area contributed by atoms with Crippen LogP contribution in [0.3, 0.4) is 0 Å². The van der Waals surface area contributed by atoms with Crippen molar-refractivity contribution >= 4 is 17.7 Å². The minimum atomic E-state index is -0.711. The van der Waals surface area contributed by atoms with Crippen molar-refractivity contribution in [1.82, 2.24) is 5.32 Å². The molecular formula is C18H20N2O3. The van der Waals surface area contributed by atoms with E-state index in [1.807, 2.05) is 18.2 Å². The number of aliphatic hydroxyl groups excluding tert-OH is 1. The van der Waals surface area contributed by atoms with Crippen molar-refractivity contribution < 1.29 is 14.3 Å². The Morgan fingerprint density at radius 2 is 2.35 bits per heavy atom. The third-order valence-electron chi connectivity index (χ3n) is 4.06. The molecule has 2 heterocycles. The van der Waals surface area contributed by atoms with E-state index in [0.29, 0.717) is 0 Å². The molecule has 1 atom stereocenters. The summed E-state index contributed by atoms with van der Waals surface area (Å²) in [6.45, 7) is 1.19. The largest absolute Gasteiger partial charge is 0.472 e. The molecule has 0 bridgehead atoms. The molecule has 0 fully saturated rings. The van der Waals surface area contributed by atoms with Gasteiger partial charge in [-0.15, -0.1) is 0 Å². The molecule has 23 heavy (non-hydrogen) atoms. The summed E-state index contributed by atoms with van der Waals surface area (Å²) in [6, 6.07) is 7.73. The molecule has 0 radical (unpaired) electrons. The number of anilines is 1. The summed E-state index contributed by atoms with van der Waals surface area (Å²) in [5, 5.41) is 13.0. The Morgan fingerprint density at radius 1 is 1.48 bits per heavy atom. The summed E-state index contributed by atoms with van der Waals surface area (Å²) < 4.78 is 4.92. The number of aliphatic hydroxyl groups is 1. The minimum absolute atomic E-state index is 0.184. The maximum atomic E-state index is 11.8. The first-order valence-electron chi connectivity index (χ1n) is 7.63. The highest BCUT2D eigenvalue weighted by Crippen LogP contribution is 2.29. The van der Waals surface area contributed by atoms with Crippen LogP contribution in [0.2, 0.25) is 0 Å². The zero-order valence-corrected chi connectivity index (χ0v) is 13.0. The number of benzene rings is 1. The molecule has 0 saturated heterocycles. The van der Waals surface area contributed by atoms with Crippen LogP contribution in [0.4, 0.5) is 5.69 Å². The molecule has 5 nitrogen and oxygen atoms in total. The van der Waals surface area contributed by atoms with Crippen molar-refractivity contribution in [3.8, 4) is 0 Å². The van der Waals surface area contributed by atoms with Crippen LogP contribution in [0.5, 0.6) is 0 Å². The highest BCUT2D eigenvalue weighted by molar-refractivity contribution is 5.91. The fraction of sp³-hybridized carbons (Fsp3) is 0.278. The molecule has 3 rings (SSSR count). The smallest absolute Gasteiger partial charge is 0.244 e. The van der Waals surface area contributed by atoms with Gasteiger partial charge in [0.25, 0.3) is 0 Å². The first-order valence-corrected chi connectivity index (χ1v) is 7.63. The zero-order valence-electron chi connectivity index (χ0n) is 13.0. The Labute approximate surface area is 135 Å². The highest BCUT2D eigenvalue weighted by atomic mass is 16.3. The summed E-state index contributed by atoms with van der Waals surface area (Å²) in [5.41, 5.74) is 4.12. The maximum Gasteiger partial charge on any atom is 0.244 e. The van der Waals surface area contributed by atoms with E-state index < -0.39 is 6.10 Å². The van der Waals surface area contributed by atoms with Gasteiger partial charge >= 0.3 is 0 Å². The molecule has 1 aliphatic heterocycles. The second-order valence-corrected chi connectivity index (χ2v) is 5.71. The zero-order chi connectivity index (χ0) is 16.2. The normalized spacial score (nSPS) is 15.0. The Balaban J connectivity index is 1.55. The van der Waals surface area contributed by atoms with E-state index in [1.54, 1.807) is 24.7 Å². The number of hydrogen-bond acceptors (Lipinski definition) is 4. The number of hydrogen-bond donors (Lipinski definition) is 2. The van der Waals surface area contributed by atoms with E-state index in [9.17, 15) is 9.90 Å². The van der Waals surface area contributed by atoms with Crippen LogP contribution in [0, 0.1) is 0 Å². The van der Waals surface area contributed by atoms with Crippen LogP contribution in [0.15, 0.2) is 47.3 Å². The number of amides is 1. The van der Waals surface area contributed by atoms with Crippen LogP contribution in [-0.4, -0.2) is 31.2 Å². The van der Waals surface area contributed by atoms with E-state index in [-0.39, 0.29) is 12.5 Å². The van der Waals surface area contributed by atoms with Crippen molar-refractivity contribution in [2.24, 2.45) is 0 Å². The second-order valence-electron chi connectivity index (χ2n) is 5.71. The average molecular weight is 312 g/mol. The van der Waals surface area contributed by atoms with E-state index in [1.165, 1.54) is 17.3 Å². The van der Waals surface area contributed by atoms with Gasteiger partial charge in [-0.1, -0.05) is 12.1 Å². The van der Waals surface area contributed by atoms with Crippen LogP contribution in [0.1, 0.15) is 22.8 Å². The number of nitrogens with zero attached hydrogens (tertiary/aromatic N) is 1. The number of carbonyl (C=O) groups excluding carboxylic acids is 1. The van der Waals surface area contributed by atoms with Crippen molar-refractivity contribution in [2.75, 3.05) is 25.0 Å². The number of furan rings is 1. The predicted molar refractivity (Wildman–Crippen MR) is 89.1 cm³/mol. The molecular weight excluding hydrogens is 292 g/mol. The molecule has 1 amide bonds. The summed E-state index contributed by atoms with van der Waals surface area (Å²) in [5.74, 6) is -0.244. The van der Waals surface area contributed by atoms with E-state index in [4.69, 9.17) is 4.42 Å². The monoisotopic (exact) mass is 312 g/mol. The molecule has 2 N–H and O–H groups in total. The molecule has 1 aromatic heterocycles. The number of fused-ring (bicyclic) bond motifs is 1.